The summed E-state index contributed by atoms with van der Waals surface area (Å²) in [7, 11) is 0. The highest BCUT2D eigenvalue weighted by Gasteiger charge is 2.14. The molecule has 1 heterocycles. The fourth-order valence-corrected chi connectivity index (χ4v) is 2.54. The number of nitrogens with zero attached hydrogens (tertiary/aromatic N) is 2. The SMILES string of the molecule is CC(NC(=O)c1ccn(-c2ccccc2)n1)c1ccc(Br)cc1. The van der Waals surface area contributed by atoms with Crippen molar-refractivity contribution in [1.29, 1.82) is 0 Å². The minimum atomic E-state index is -0.185. The first-order chi connectivity index (χ1) is 11.1. The van der Waals surface area contributed by atoms with Crippen LogP contribution in [0.5, 0.6) is 0 Å². The molecule has 3 aromatic rings. The van der Waals surface area contributed by atoms with Gasteiger partial charge in [0.25, 0.3) is 5.91 Å². The van der Waals surface area contributed by atoms with E-state index in [-0.39, 0.29) is 11.9 Å². The van der Waals surface area contributed by atoms with Crippen molar-refractivity contribution in [3.05, 3.63) is 82.6 Å². The molecule has 1 atom stereocenters. The summed E-state index contributed by atoms with van der Waals surface area (Å²) in [6.45, 7) is 1.95. The van der Waals surface area contributed by atoms with Crippen LogP contribution in [0.15, 0.2) is 71.3 Å². The second-order valence-corrected chi connectivity index (χ2v) is 6.14. The van der Waals surface area contributed by atoms with Crippen LogP contribution in [-0.4, -0.2) is 15.7 Å². The maximum atomic E-state index is 12.3. The molecule has 116 valence electrons. The Balaban J connectivity index is 1.71. The number of amides is 1. The van der Waals surface area contributed by atoms with Crippen molar-refractivity contribution < 1.29 is 4.79 Å². The van der Waals surface area contributed by atoms with Crippen molar-refractivity contribution in [3.8, 4) is 5.69 Å². The molecule has 1 unspecified atom stereocenters. The highest BCUT2D eigenvalue weighted by Crippen LogP contribution is 2.17. The van der Waals surface area contributed by atoms with Crippen molar-refractivity contribution in [2.75, 3.05) is 0 Å². The lowest BCUT2D eigenvalue weighted by atomic mass is 10.1. The van der Waals surface area contributed by atoms with E-state index in [1.165, 1.54) is 0 Å². The predicted molar refractivity (Wildman–Crippen MR) is 93.6 cm³/mol. The maximum Gasteiger partial charge on any atom is 0.272 e. The van der Waals surface area contributed by atoms with E-state index in [1.54, 1.807) is 16.9 Å². The van der Waals surface area contributed by atoms with Crippen LogP contribution in [-0.2, 0) is 0 Å². The van der Waals surface area contributed by atoms with Gasteiger partial charge in [-0.25, -0.2) is 4.68 Å². The Hall–Kier alpha value is -2.40. The molecule has 4 nitrogen and oxygen atoms in total. The lowest BCUT2D eigenvalue weighted by Crippen LogP contribution is -2.27. The molecule has 3 rings (SSSR count). The zero-order valence-corrected chi connectivity index (χ0v) is 14.2. The molecule has 0 spiro atoms. The van der Waals surface area contributed by atoms with Gasteiger partial charge in [0.05, 0.1) is 11.7 Å². The van der Waals surface area contributed by atoms with E-state index in [0.29, 0.717) is 5.69 Å². The number of halogens is 1. The highest BCUT2D eigenvalue weighted by molar-refractivity contribution is 9.10. The van der Waals surface area contributed by atoms with Gasteiger partial charge in [-0.2, -0.15) is 5.10 Å². The summed E-state index contributed by atoms with van der Waals surface area (Å²) in [5, 5.41) is 7.31. The fraction of sp³-hybridized carbons (Fsp3) is 0.111. The predicted octanol–water partition coefficient (Wildman–Crippen LogP) is 4.13. The summed E-state index contributed by atoms with van der Waals surface area (Å²) in [6.07, 6.45) is 1.79. The molecular weight excluding hydrogens is 354 g/mol. The molecule has 0 saturated heterocycles. The number of para-hydroxylation sites is 1. The largest absolute Gasteiger partial charge is 0.344 e. The summed E-state index contributed by atoms with van der Waals surface area (Å²) < 4.78 is 2.71. The summed E-state index contributed by atoms with van der Waals surface area (Å²) in [5.74, 6) is -0.185. The summed E-state index contributed by atoms with van der Waals surface area (Å²) in [4.78, 5) is 12.3. The Bertz CT molecular complexity index is 797. The van der Waals surface area contributed by atoms with Gasteiger partial charge >= 0.3 is 0 Å². The zero-order chi connectivity index (χ0) is 16.2. The molecule has 0 saturated carbocycles. The quantitative estimate of drug-likeness (QED) is 0.751. The Morgan fingerprint density at radius 3 is 2.48 bits per heavy atom. The lowest BCUT2D eigenvalue weighted by molar-refractivity contribution is 0.0934. The molecule has 0 radical (unpaired) electrons. The lowest BCUT2D eigenvalue weighted by Gasteiger charge is -2.13. The van der Waals surface area contributed by atoms with E-state index in [2.05, 4.69) is 26.3 Å². The van der Waals surface area contributed by atoms with Crippen molar-refractivity contribution >= 4 is 21.8 Å². The van der Waals surface area contributed by atoms with Crippen LogP contribution in [0.25, 0.3) is 5.69 Å². The number of hydrogen-bond donors (Lipinski definition) is 1. The van der Waals surface area contributed by atoms with Gasteiger partial charge in [0.15, 0.2) is 5.69 Å². The van der Waals surface area contributed by atoms with E-state index in [9.17, 15) is 4.79 Å². The molecule has 0 aliphatic rings. The van der Waals surface area contributed by atoms with Gasteiger partial charge in [0.1, 0.15) is 0 Å². The fourth-order valence-electron chi connectivity index (χ4n) is 2.27. The normalized spacial score (nSPS) is 11.9. The van der Waals surface area contributed by atoms with Crippen molar-refractivity contribution in [3.63, 3.8) is 0 Å². The van der Waals surface area contributed by atoms with Crippen LogP contribution < -0.4 is 5.32 Å². The third kappa shape index (κ3) is 3.68. The van der Waals surface area contributed by atoms with E-state index < -0.39 is 0 Å². The van der Waals surface area contributed by atoms with Gasteiger partial charge in [-0.1, -0.05) is 46.3 Å². The van der Waals surface area contributed by atoms with Crippen LogP contribution in [0.4, 0.5) is 0 Å². The van der Waals surface area contributed by atoms with Crippen LogP contribution in [0.3, 0.4) is 0 Å². The monoisotopic (exact) mass is 369 g/mol. The molecular formula is C18H16BrN3O. The smallest absolute Gasteiger partial charge is 0.272 e. The average molecular weight is 370 g/mol. The van der Waals surface area contributed by atoms with Crippen LogP contribution in [0.2, 0.25) is 0 Å². The number of carbonyl (C=O) groups is 1. The second kappa shape index (κ2) is 6.79. The van der Waals surface area contributed by atoms with E-state index in [1.807, 2.05) is 61.5 Å². The number of aromatic nitrogens is 2. The maximum absolute atomic E-state index is 12.3. The molecule has 0 aliphatic heterocycles. The number of benzene rings is 2. The third-order valence-electron chi connectivity index (χ3n) is 3.56. The van der Waals surface area contributed by atoms with Crippen LogP contribution in [0, 0.1) is 0 Å². The molecule has 1 aromatic heterocycles. The number of hydrogen-bond acceptors (Lipinski definition) is 2. The summed E-state index contributed by atoms with van der Waals surface area (Å²) >= 11 is 3.41. The van der Waals surface area contributed by atoms with Gasteiger partial charge < -0.3 is 5.32 Å². The number of rotatable bonds is 4. The molecule has 0 aliphatic carbocycles. The summed E-state index contributed by atoms with van der Waals surface area (Å²) in [6, 6.07) is 19.2. The van der Waals surface area contributed by atoms with Crippen LogP contribution >= 0.6 is 15.9 Å². The Morgan fingerprint density at radius 2 is 1.78 bits per heavy atom. The summed E-state index contributed by atoms with van der Waals surface area (Å²) in [5.41, 5.74) is 2.37. The first kappa shape index (κ1) is 15.5. The van der Waals surface area contributed by atoms with Gasteiger partial charge in [-0.3, -0.25) is 4.79 Å². The van der Waals surface area contributed by atoms with Gasteiger partial charge in [0, 0.05) is 10.7 Å². The van der Waals surface area contributed by atoms with Gasteiger partial charge in [-0.05, 0) is 42.8 Å². The van der Waals surface area contributed by atoms with Crippen molar-refractivity contribution in [2.45, 2.75) is 13.0 Å². The van der Waals surface area contributed by atoms with Crippen molar-refractivity contribution in [2.24, 2.45) is 0 Å². The average Bonchev–Trinajstić information content (AvgIpc) is 3.06. The Kier molecular flexibility index (Phi) is 4.57. The molecule has 23 heavy (non-hydrogen) atoms. The minimum absolute atomic E-state index is 0.0857. The van der Waals surface area contributed by atoms with E-state index >= 15 is 0 Å². The molecule has 0 bridgehead atoms. The van der Waals surface area contributed by atoms with E-state index in [0.717, 1.165) is 15.7 Å². The first-order valence-corrected chi connectivity index (χ1v) is 8.10. The topological polar surface area (TPSA) is 46.9 Å². The molecule has 5 heteroatoms. The Morgan fingerprint density at radius 1 is 1.09 bits per heavy atom. The minimum Gasteiger partial charge on any atom is -0.344 e. The number of nitrogens with one attached hydrogen (secondary N) is 1. The zero-order valence-electron chi connectivity index (χ0n) is 12.6. The molecule has 0 fully saturated rings. The molecule has 2 aromatic carbocycles. The van der Waals surface area contributed by atoms with Crippen LogP contribution in [0.1, 0.15) is 29.0 Å². The van der Waals surface area contributed by atoms with Crippen molar-refractivity contribution in [1.82, 2.24) is 15.1 Å². The first-order valence-electron chi connectivity index (χ1n) is 7.31. The highest BCUT2D eigenvalue weighted by atomic mass is 79.9. The van der Waals surface area contributed by atoms with Gasteiger partial charge in [0.2, 0.25) is 0 Å². The Labute approximate surface area is 143 Å². The van der Waals surface area contributed by atoms with Gasteiger partial charge in [-0.15, -0.1) is 0 Å². The molecule has 1 amide bonds. The third-order valence-corrected chi connectivity index (χ3v) is 4.09. The number of carbonyl (C=O) groups excluding carboxylic acids is 1. The second-order valence-electron chi connectivity index (χ2n) is 5.23. The molecule has 1 N–H and O–H groups in total. The standard InChI is InChI=1S/C18H16BrN3O/c1-13(14-7-9-15(19)10-8-14)20-18(23)17-11-12-22(21-17)16-5-3-2-4-6-16/h2-13H,1H3,(H,20,23). The van der Waals surface area contributed by atoms with E-state index in [4.69, 9.17) is 0 Å².